The lowest BCUT2D eigenvalue weighted by Gasteiger charge is -2.33. The van der Waals surface area contributed by atoms with Gasteiger partial charge in [0.15, 0.2) is 0 Å². The second-order valence-corrected chi connectivity index (χ2v) is 6.69. The van der Waals surface area contributed by atoms with Gasteiger partial charge >= 0.3 is 0 Å². The average molecular weight is 267 g/mol. The van der Waals surface area contributed by atoms with E-state index in [4.69, 9.17) is 0 Å². The molecule has 0 aromatic carbocycles. The van der Waals surface area contributed by atoms with E-state index >= 15 is 0 Å². The van der Waals surface area contributed by atoms with Crippen LogP contribution in [0.5, 0.6) is 0 Å². The first-order valence-corrected chi connectivity index (χ1v) is 7.72. The highest BCUT2D eigenvalue weighted by Gasteiger charge is 2.43. The Labute approximate surface area is 117 Å². The van der Waals surface area contributed by atoms with Crippen molar-refractivity contribution in [2.75, 3.05) is 39.8 Å². The minimum atomic E-state index is -0.175. The van der Waals surface area contributed by atoms with Crippen LogP contribution in [0.25, 0.3) is 0 Å². The van der Waals surface area contributed by atoms with E-state index in [1.54, 1.807) is 0 Å². The van der Waals surface area contributed by atoms with Crippen LogP contribution in [-0.2, 0) is 4.79 Å². The Morgan fingerprint density at radius 3 is 2.63 bits per heavy atom. The Balaban J connectivity index is 1.83. The minimum Gasteiger partial charge on any atom is -0.355 e. The van der Waals surface area contributed by atoms with Gasteiger partial charge in [0.2, 0.25) is 5.91 Å². The van der Waals surface area contributed by atoms with Crippen LogP contribution in [0.4, 0.5) is 0 Å². The maximum absolute atomic E-state index is 12.6. The van der Waals surface area contributed by atoms with Crippen molar-refractivity contribution in [2.24, 2.45) is 17.3 Å². The van der Waals surface area contributed by atoms with Gasteiger partial charge in [0.05, 0.1) is 5.41 Å². The molecule has 0 bridgehead atoms. The first kappa shape index (κ1) is 14.8. The number of carbonyl (C=O) groups is 1. The fraction of sp³-hybridized carbons (Fsp3) is 0.933. The van der Waals surface area contributed by atoms with Gasteiger partial charge in [0.1, 0.15) is 0 Å². The lowest BCUT2D eigenvalue weighted by molar-refractivity contribution is -0.132. The molecule has 1 atom stereocenters. The molecule has 2 fully saturated rings. The SMILES string of the molecule is CC(C)C1(C(=O)NCC2CCN(C)CC2)CCNC1. The Kier molecular flexibility index (Phi) is 4.85. The van der Waals surface area contributed by atoms with Crippen LogP contribution in [0.15, 0.2) is 0 Å². The van der Waals surface area contributed by atoms with Crippen molar-refractivity contribution in [2.45, 2.75) is 33.1 Å². The summed E-state index contributed by atoms with van der Waals surface area (Å²) in [7, 11) is 2.17. The van der Waals surface area contributed by atoms with Gasteiger partial charge in [-0.3, -0.25) is 4.79 Å². The zero-order valence-corrected chi connectivity index (χ0v) is 12.7. The topological polar surface area (TPSA) is 44.4 Å². The Hall–Kier alpha value is -0.610. The molecule has 0 spiro atoms. The van der Waals surface area contributed by atoms with Crippen LogP contribution < -0.4 is 10.6 Å². The second kappa shape index (κ2) is 6.23. The Morgan fingerprint density at radius 1 is 1.42 bits per heavy atom. The number of amides is 1. The molecule has 0 radical (unpaired) electrons. The van der Waals surface area contributed by atoms with E-state index in [1.165, 1.54) is 12.8 Å². The molecule has 2 rings (SSSR count). The highest BCUT2D eigenvalue weighted by Crippen LogP contribution is 2.34. The van der Waals surface area contributed by atoms with Gasteiger partial charge in [-0.25, -0.2) is 0 Å². The molecule has 2 aliphatic heterocycles. The van der Waals surface area contributed by atoms with E-state index in [1.807, 2.05) is 0 Å². The number of piperidine rings is 1. The summed E-state index contributed by atoms with van der Waals surface area (Å²) in [5, 5.41) is 6.59. The van der Waals surface area contributed by atoms with Crippen molar-refractivity contribution in [3.63, 3.8) is 0 Å². The van der Waals surface area contributed by atoms with Crippen molar-refractivity contribution < 1.29 is 4.79 Å². The minimum absolute atomic E-state index is 0.175. The predicted octanol–water partition coefficient (Wildman–Crippen LogP) is 1.08. The molecule has 1 unspecified atom stereocenters. The van der Waals surface area contributed by atoms with E-state index in [-0.39, 0.29) is 11.3 Å². The predicted molar refractivity (Wildman–Crippen MR) is 78.0 cm³/mol. The van der Waals surface area contributed by atoms with Gasteiger partial charge in [-0.1, -0.05) is 13.8 Å². The van der Waals surface area contributed by atoms with Crippen LogP contribution in [0, 0.1) is 17.3 Å². The second-order valence-electron chi connectivity index (χ2n) is 6.69. The van der Waals surface area contributed by atoms with Gasteiger partial charge in [-0.15, -0.1) is 0 Å². The molecule has 19 heavy (non-hydrogen) atoms. The molecule has 2 N–H and O–H groups in total. The summed E-state index contributed by atoms with van der Waals surface area (Å²) in [5.41, 5.74) is -0.175. The van der Waals surface area contributed by atoms with Gasteiger partial charge < -0.3 is 15.5 Å². The smallest absolute Gasteiger partial charge is 0.227 e. The number of nitrogens with one attached hydrogen (secondary N) is 2. The number of hydrogen-bond acceptors (Lipinski definition) is 3. The fourth-order valence-electron chi connectivity index (χ4n) is 3.34. The maximum atomic E-state index is 12.6. The molecule has 0 aliphatic carbocycles. The van der Waals surface area contributed by atoms with E-state index in [0.29, 0.717) is 11.8 Å². The van der Waals surface area contributed by atoms with Crippen LogP contribution >= 0.6 is 0 Å². The molecule has 2 heterocycles. The number of rotatable bonds is 4. The molecule has 110 valence electrons. The number of likely N-dealkylation sites (tertiary alicyclic amines) is 1. The van der Waals surface area contributed by atoms with Crippen LogP contribution in [0.1, 0.15) is 33.1 Å². The summed E-state index contributed by atoms with van der Waals surface area (Å²) >= 11 is 0. The van der Waals surface area contributed by atoms with E-state index < -0.39 is 0 Å². The quantitative estimate of drug-likeness (QED) is 0.801. The summed E-state index contributed by atoms with van der Waals surface area (Å²) in [4.78, 5) is 14.9. The lowest BCUT2D eigenvalue weighted by Crippen LogP contribution is -2.48. The highest BCUT2D eigenvalue weighted by molar-refractivity contribution is 5.83. The molecule has 0 saturated carbocycles. The zero-order chi connectivity index (χ0) is 13.9. The first-order valence-electron chi connectivity index (χ1n) is 7.72. The Bertz CT molecular complexity index is 303. The third kappa shape index (κ3) is 3.29. The lowest BCUT2D eigenvalue weighted by atomic mass is 9.75. The van der Waals surface area contributed by atoms with E-state index in [2.05, 4.69) is 36.4 Å². The van der Waals surface area contributed by atoms with Gasteiger partial charge in [-0.05, 0) is 57.8 Å². The molecule has 2 saturated heterocycles. The molecule has 2 aliphatic rings. The number of nitrogens with zero attached hydrogens (tertiary/aromatic N) is 1. The van der Waals surface area contributed by atoms with Gasteiger partial charge in [0, 0.05) is 13.1 Å². The monoisotopic (exact) mass is 267 g/mol. The zero-order valence-electron chi connectivity index (χ0n) is 12.7. The van der Waals surface area contributed by atoms with Crippen molar-refractivity contribution in [3.05, 3.63) is 0 Å². The molecule has 4 heteroatoms. The summed E-state index contributed by atoms with van der Waals surface area (Å²) in [6, 6.07) is 0. The third-order valence-electron chi connectivity index (χ3n) is 5.14. The maximum Gasteiger partial charge on any atom is 0.227 e. The summed E-state index contributed by atoms with van der Waals surface area (Å²) in [6.45, 7) is 9.34. The van der Waals surface area contributed by atoms with Gasteiger partial charge in [-0.2, -0.15) is 0 Å². The molecule has 0 aromatic heterocycles. The summed E-state index contributed by atoms with van der Waals surface area (Å²) in [6.07, 6.45) is 3.40. The van der Waals surface area contributed by atoms with Crippen molar-refractivity contribution in [3.8, 4) is 0 Å². The van der Waals surface area contributed by atoms with E-state index in [9.17, 15) is 4.79 Å². The van der Waals surface area contributed by atoms with E-state index in [0.717, 1.165) is 39.1 Å². The van der Waals surface area contributed by atoms with Crippen LogP contribution in [0.3, 0.4) is 0 Å². The summed E-state index contributed by atoms with van der Waals surface area (Å²) < 4.78 is 0. The standard InChI is InChI=1S/C15H29N3O/c1-12(2)15(6-7-16-11-15)14(19)17-10-13-4-8-18(3)9-5-13/h12-13,16H,4-11H2,1-3H3,(H,17,19). The normalized spacial score (nSPS) is 29.9. The van der Waals surface area contributed by atoms with Crippen molar-refractivity contribution >= 4 is 5.91 Å². The number of hydrogen-bond donors (Lipinski definition) is 2. The first-order chi connectivity index (χ1) is 9.04. The van der Waals surface area contributed by atoms with Crippen LogP contribution in [-0.4, -0.2) is 50.6 Å². The summed E-state index contributed by atoms with van der Waals surface area (Å²) in [5.74, 6) is 1.34. The molecule has 1 amide bonds. The molecule has 4 nitrogen and oxygen atoms in total. The number of carbonyl (C=O) groups excluding carboxylic acids is 1. The van der Waals surface area contributed by atoms with Gasteiger partial charge in [0.25, 0.3) is 0 Å². The van der Waals surface area contributed by atoms with Crippen LogP contribution in [0.2, 0.25) is 0 Å². The molecule has 0 aromatic rings. The largest absolute Gasteiger partial charge is 0.355 e. The highest BCUT2D eigenvalue weighted by atomic mass is 16.2. The van der Waals surface area contributed by atoms with Crippen molar-refractivity contribution in [1.82, 2.24) is 15.5 Å². The molecular formula is C15H29N3O. The third-order valence-corrected chi connectivity index (χ3v) is 5.14. The average Bonchev–Trinajstić information content (AvgIpc) is 2.88. The Morgan fingerprint density at radius 2 is 2.11 bits per heavy atom. The fourth-order valence-corrected chi connectivity index (χ4v) is 3.34. The molecular weight excluding hydrogens is 238 g/mol. The van der Waals surface area contributed by atoms with Crippen molar-refractivity contribution in [1.29, 1.82) is 0 Å².